The Balaban J connectivity index is 0. The van der Waals surface area contributed by atoms with E-state index in [1.807, 2.05) is 13.8 Å². The molecular formula is C26H50N2O4. The molecule has 0 unspecified atom stereocenters. The third-order valence-electron chi connectivity index (χ3n) is 4.88. The van der Waals surface area contributed by atoms with E-state index in [0.29, 0.717) is 5.78 Å². The zero-order chi connectivity index (χ0) is 25.1. The predicted molar refractivity (Wildman–Crippen MR) is 132 cm³/mol. The fraction of sp³-hybridized carbons (Fsp3) is 0.846. The Hall–Kier alpha value is -1.56. The number of likely N-dealkylation sites (tertiary alicyclic amines) is 2. The lowest BCUT2D eigenvalue weighted by atomic mass is 10.1. The van der Waals surface area contributed by atoms with Crippen LogP contribution in [0, 0.1) is 11.8 Å². The molecule has 32 heavy (non-hydrogen) atoms. The maximum absolute atomic E-state index is 11.4. The third-order valence-corrected chi connectivity index (χ3v) is 4.88. The van der Waals surface area contributed by atoms with Gasteiger partial charge >= 0.3 is 0 Å². The lowest BCUT2D eigenvalue weighted by Crippen LogP contribution is -2.35. The maximum Gasteiger partial charge on any atom is 0.230 e. The van der Waals surface area contributed by atoms with Crippen LogP contribution in [0.3, 0.4) is 0 Å². The first-order chi connectivity index (χ1) is 15.0. The molecule has 0 spiro atoms. The van der Waals surface area contributed by atoms with E-state index in [1.165, 1.54) is 45.2 Å². The minimum atomic E-state index is -0.223. The van der Waals surface area contributed by atoms with Crippen molar-refractivity contribution in [2.24, 2.45) is 11.8 Å². The SMILES string of the molecule is CC(C)C(=O)CCN1CCCCC1.CC(C)C(=O)CN1C(=O)CCC1=O.CCC.CCC. The second-order valence-electron chi connectivity index (χ2n) is 9.18. The van der Waals surface area contributed by atoms with Crippen molar-refractivity contribution in [1.82, 2.24) is 9.80 Å². The lowest BCUT2D eigenvalue weighted by Gasteiger charge is -2.26. The van der Waals surface area contributed by atoms with Crippen molar-refractivity contribution in [1.29, 1.82) is 0 Å². The molecule has 2 fully saturated rings. The highest BCUT2D eigenvalue weighted by Gasteiger charge is 2.30. The number of rotatable bonds is 7. The molecule has 0 aromatic carbocycles. The van der Waals surface area contributed by atoms with Crippen molar-refractivity contribution < 1.29 is 19.2 Å². The highest BCUT2D eigenvalue weighted by atomic mass is 16.2. The van der Waals surface area contributed by atoms with Gasteiger partial charge in [-0.3, -0.25) is 24.1 Å². The highest BCUT2D eigenvalue weighted by Crippen LogP contribution is 2.12. The summed E-state index contributed by atoms with van der Waals surface area (Å²) in [5, 5.41) is 0. The number of carbonyl (C=O) groups excluding carboxylic acids is 4. The van der Waals surface area contributed by atoms with Crippen LogP contribution in [0.5, 0.6) is 0 Å². The summed E-state index contributed by atoms with van der Waals surface area (Å²) < 4.78 is 0. The van der Waals surface area contributed by atoms with Crippen molar-refractivity contribution >= 4 is 23.4 Å². The highest BCUT2D eigenvalue weighted by molar-refractivity contribution is 6.04. The second-order valence-corrected chi connectivity index (χ2v) is 9.18. The number of Topliss-reactive ketones (excluding diaryl/α,β-unsaturated/α-hetero) is 2. The zero-order valence-electron chi connectivity index (χ0n) is 22.2. The van der Waals surface area contributed by atoms with Crippen molar-refractivity contribution in [3.63, 3.8) is 0 Å². The third kappa shape index (κ3) is 16.1. The van der Waals surface area contributed by atoms with Gasteiger partial charge in [0, 0.05) is 37.6 Å². The molecule has 0 radical (unpaired) electrons. The van der Waals surface area contributed by atoms with Crippen LogP contribution in [0.25, 0.3) is 0 Å². The van der Waals surface area contributed by atoms with Crippen LogP contribution in [0.15, 0.2) is 0 Å². The van der Waals surface area contributed by atoms with E-state index in [1.54, 1.807) is 13.8 Å². The van der Waals surface area contributed by atoms with Crippen LogP contribution in [-0.4, -0.2) is 59.4 Å². The molecule has 6 heteroatoms. The standard InChI is InChI=1S/C11H21NO.C9H13NO3.2C3H8/c1-10(2)11(13)6-9-12-7-4-3-5-8-12;1-6(2)7(11)5-10-8(12)3-4-9(10)13;2*1-3-2/h10H,3-9H2,1-2H3;6H,3-5H2,1-2H3;2*3H2,1-2H3. The van der Waals surface area contributed by atoms with E-state index in [9.17, 15) is 19.2 Å². The van der Waals surface area contributed by atoms with Crippen molar-refractivity contribution in [2.75, 3.05) is 26.2 Å². The average molecular weight is 455 g/mol. The number of amides is 2. The minimum Gasteiger partial charge on any atom is -0.303 e. The summed E-state index contributed by atoms with van der Waals surface area (Å²) in [7, 11) is 0. The number of piperidine rings is 1. The minimum absolute atomic E-state index is 0.0463. The molecular weight excluding hydrogens is 404 g/mol. The molecule has 2 aliphatic rings. The number of hydrogen-bond donors (Lipinski definition) is 0. The van der Waals surface area contributed by atoms with Crippen molar-refractivity contribution in [3.05, 3.63) is 0 Å². The van der Waals surface area contributed by atoms with E-state index in [4.69, 9.17) is 0 Å². The Morgan fingerprint density at radius 1 is 0.750 bits per heavy atom. The molecule has 0 aromatic heterocycles. The number of nitrogens with zero attached hydrogens (tertiary/aromatic N) is 2. The average Bonchev–Trinajstić information content (AvgIpc) is 3.06. The summed E-state index contributed by atoms with van der Waals surface area (Å²) in [4.78, 5) is 48.3. The van der Waals surface area contributed by atoms with E-state index in [0.717, 1.165) is 17.9 Å². The van der Waals surface area contributed by atoms with Crippen LogP contribution in [0.1, 0.15) is 107 Å². The fourth-order valence-electron chi connectivity index (χ4n) is 2.88. The molecule has 0 N–H and O–H groups in total. The van der Waals surface area contributed by atoms with Crippen molar-refractivity contribution in [3.8, 4) is 0 Å². The molecule has 0 aliphatic carbocycles. The van der Waals surface area contributed by atoms with Gasteiger partial charge in [0.1, 0.15) is 5.78 Å². The molecule has 0 saturated carbocycles. The first-order valence-electron chi connectivity index (χ1n) is 12.7. The van der Waals surface area contributed by atoms with Crippen LogP contribution in [0.4, 0.5) is 0 Å². The fourth-order valence-corrected chi connectivity index (χ4v) is 2.88. The molecule has 2 amide bonds. The summed E-state index contributed by atoms with van der Waals surface area (Å²) in [6.45, 7) is 19.3. The number of imide groups is 1. The van der Waals surface area contributed by atoms with Crippen LogP contribution in [-0.2, 0) is 19.2 Å². The topological polar surface area (TPSA) is 74.8 Å². The molecule has 2 aliphatic heterocycles. The van der Waals surface area contributed by atoms with Gasteiger partial charge in [0.15, 0.2) is 5.78 Å². The van der Waals surface area contributed by atoms with Crippen LogP contribution < -0.4 is 0 Å². The van der Waals surface area contributed by atoms with Gasteiger partial charge in [-0.1, -0.05) is 74.7 Å². The summed E-state index contributed by atoms with van der Waals surface area (Å²) in [5.74, 6) is -0.0156. The zero-order valence-corrected chi connectivity index (χ0v) is 22.2. The van der Waals surface area contributed by atoms with Crippen molar-refractivity contribution in [2.45, 2.75) is 107 Å². The summed E-state index contributed by atoms with van der Waals surface area (Å²) in [6, 6.07) is 0. The molecule has 0 bridgehead atoms. The largest absolute Gasteiger partial charge is 0.303 e. The molecule has 2 heterocycles. The summed E-state index contributed by atoms with van der Waals surface area (Å²) in [6.07, 6.45) is 7.76. The first kappa shape index (κ1) is 32.6. The monoisotopic (exact) mass is 454 g/mol. The normalized spacial score (nSPS) is 16.0. The Labute approximate surface area is 197 Å². The number of ketones is 2. The molecule has 6 nitrogen and oxygen atoms in total. The molecule has 0 aromatic rings. The van der Waals surface area contributed by atoms with E-state index in [2.05, 4.69) is 32.6 Å². The molecule has 2 rings (SSSR count). The first-order valence-corrected chi connectivity index (χ1v) is 12.7. The Kier molecular flexibility index (Phi) is 20.5. The summed E-state index contributed by atoms with van der Waals surface area (Å²) >= 11 is 0. The van der Waals surface area contributed by atoms with E-state index < -0.39 is 0 Å². The number of hydrogen-bond acceptors (Lipinski definition) is 5. The molecule has 0 atom stereocenters. The maximum atomic E-state index is 11.4. The Morgan fingerprint density at radius 2 is 1.16 bits per heavy atom. The van der Waals surface area contributed by atoms with Crippen LogP contribution >= 0.6 is 0 Å². The lowest BCUT2D eigenvalue weighted by molar-refractivity contribution is -0.142. The van der Waals surface area contributed by atoms with Crippen LogP contribution in [0.2, 0.25) is 0 Å². The smallest absolute Gasteiger partial charge is 0.230 e. The molecule has 2 saturated heterocycles. The predicted octanol–water partition coefficient (Wildman–Crippen LogP) is 5.28. The van der Waals surface area contributed by atoms with Gasteiger partial charge in [-0.2, -0.15) is 0 Å². The second kappa shape index (κ2) is 20.1. The van der Waals surface area contributed by atoms with Gasteiger partial charge in [0.2, 0.25) is 11.8 Å². The quantitative estimate of drug-likeness (QED) is 0.489. The molecule has 188 valence electrons. The number of carbonyl (C=O) groups is 4. The van der Waals surface area contributed by atoms with E-state index in [-0.39, 0.29) is 48.8 Å². The van der Waals surface area contributed by atoms with Gasteiger partial charge in [-0.15, -0.1) is 0 Å². The van der Waals surface area contributed by atoms with Gasteiger partial charge in [-0.05, 0) is 25.9 Å². The van der Waals surface area contributed by atoms with Gasteiger partial charge < -0.3 is 4.90 Å². The van der Waals surface area contributed by atoms with Gasteiger partial charge in [0.25, 0.3) is 0 Å². The van der Waals surface area contributed by atoms with Gasteiger partial charge in [0.05, 0.1) is 6.54 Å². The Morgan fingerprint density at radius 3 is 1.53 bits per heavy atom. The van der Waals surface area contributed by atoms with E-state index >= 15 is 0 Å². The summed E-state index contributed by atoms with van der Waals surface area (Å²) in [5.41, 5.74) is 0. The Bertz CT molecular complexity index is 520. The van der Waals surface area contributed by atoms with Gasteiger partial charge in [-0.25, -0.2) is 0 Å².